The number of hydrogen-bond acceptors (Lipinski definition) is 3. The van der Waals surface area contributed by atoms with Crippen molar-refractivity contribution < 1.29 is 10.2 Å². The summed E-state index contributed by atoms with van der Waals surface area (Å²) < 4.78 is 0. The highest BCUT2D eigenvalue weighted by atomic mass is 16.3. The van der Waals surface area contributed by atoms with Crippen molar-refractivity contribution in [2.24, 2.45) is 16.7 Å². The minimum absolute atomic E-state index is 0.0242. The number of hydrogen-bond donors (Lipinski definition) is 3. The molecule has 0 bridgehead atoms. The fourth-order valence-electron chi connectivity index (χ4n) is 4.67. The summed E-state index contributed by atoms with van der Waals surface area (Å²) in [7, 11) is 0. The van der Waals surface area contributed by atoms with Gasteiger partial charge < -0.3 is 15.5 Å². The Hall–Kier alpha value is -1.90. The van der Waals surface area contributed by atoms with Crippen LogP contribution in [0.4, 0.5) is 5.69 Å². The van der Waals surface area contributed by atoms with Gasteiger partial charge in [0.2, 0.25) is 0 Å². The quantitative estimate of drug-likeness (QED) is 0.290. The first kappa shape index (κ1) is 29.3. The van der Waals surface area contributed by atoms with Gasteiger partial charge in [-0.2, -0.15) is 0 Å². The molecule has 0 saturated heterocycles. The molecule has 0 heterocycles. The normalized spacial score (nSPS) is 18.1. The number of aromatic hydroxyl groups is 1. The maximum atomic E-state index is 11.5. The van der Waals surface area contributed by atoms with Crippen LogP contribution in [-0.4, -0.2) is 10.2 Å². The van der Waals surface area contributed by atoms with E-state index in [0.717, 1.165) is 48.9 Å². The van der Waals surface area contributed by atoms with Gasteiger partial charge in [-0.3, -0.25) is 0 Å². The number of phenols is 1. The molecular formula is C32H53NO2. The minimum atomic E-state index is -0.165. The van der Waals surface area contributed by atoms with E-state index in [0.29, 0.717) is 17.4 Å². The van der Waals surface area contributed by atoms with Gasteiger partial charge in [0.15, 0.2) is 0 Å². The lowest BCUT2D eigenvalue weighted by Gasteiger charge is -2.40. The van der Waals surface area contributed by atoms with E-state index in [4.69, 9.17) is 0 Å². The van der Waals surface area contributed by atoms with Gasteiger partial charge in [-0.1, -0.05) is 102 Å². The van der Waals surface area contributed by atoms with Crippen LogP contribution in [0.2, 0.25) is 0 Å². The van der Waals surface area contributed by atoms with Gasteiger partial charge in [0.05, 0.1) is 11.4 Å². The molecule has 1 aromatic rings. The molecular weight excluding hydrogens is 430 g/mol. The van der Waals surface area contributed by atoms with E-state index in [1.54, 1.807) is 0 Å². The average molecular weight is 484 g/mol. The van der Waals surface area contributed by atoms with Crippen LogP contribution in [0, 0.1) is 16.7 Å². The van der Waals surface area contributed by atoms with E-state index in [2.05, 4.69) is 107 Å². The lowest BCUT2D eigenvalue weighted by atomic mass is 9.66. The van der Waals surface area contributed by atoms with Gasteiger partial charge in [0.25, 0.3) is 0 Å². The number of allylic oxidation sites excluding steroid dienone is 2. The summed E-state index contributed by atoms with van der Waals surface area (Å²) in [6.45, 7) is 26.8. The van der Waals surface area contributed by atoms with Crippen molar-refractivity contribution in [1.82, 2.24) is 0 Å². The lowest BCUT2D eigenvalue weighted by Crippen LogP contribution is -2.30. The second-order valence-electron chi connectivity index (χ2n) is 13.3. The van der Waals surface area contributed by atoms with Crippen molar-refractivity contribution in [3.8, 4) is 5.75 Å². The molecule has 0 fully saturated rings. The monoisotopic (exact) mass is 483 g/mol. The summed E-state index contributed by atoms with van der Waals surface area (Å²) in [4.78, 5) is 0. The molecule has 3 heteroatoms. The minimum Gasteiger partial charge on any atom is -0.506 e. The predicted octanol–water partition coefficient (Wildman–Crippen LogP) is 9.77. The second kappa shape index (κ2) is 10.2. The molecule has 198 valence electrons. The fraction of sp³-hybridized carbons (Fsp3) is 0.688. The van der Waals surface area contributed by atoms with Crippen LogP contribution in [-0.2, 0) is 10.8 Å². The molecule has 0 radical (unpaired) electrons. The SMILES string of the molecule is CCC(C)(C)C1=C(O)C(Nc2cc(C(C)(C)CC)cc(C(C)(C)CC)c2O)=CC(C(C)(C)CC)C1. The van der Waals surface area contributed by atoms with Crippen LogP contribution in [0.5, 0.6) is 5.75 Å². The number of rotatable bonds is 10. The van der Waals surface area contributed by atoms with Gasteiger partial charge in [-0.05, 0) is 70.5 Å². The molecule has 1 aliphatic carbocycles. The Morgan fingerprint density at radius 2 is 1.31 bits per heavy atom. The van der Waals surface area contributed by atoms with Gasteiger partial charge in [0.1, 0.15) is 11.5 Å². The summed E-state index contributed by atoms with van der Waals surface area (Å²) in [5, 5.41) is 26.5. The summed E-state index contributed by atoms with van der Waals surface area (Å²) in [5.41, 5.74) is 4.49. The first-order valence-electron chi connectivity index (χ1n) is 13.8. The average Bonchev–Trinajstić information content (AvgIpc) is 2.80. The molecule has 1 aliphatic rings. The summed E-state index contributed by atoms with van der Waals surface area (Å²) in [6.07, 6.45) is 7.00. The van der Waals surface area contributed by atoms with Crippen molar-refractivity contribution in [2.45, 2.75) is 126 Å². The highest BCUT2D eigenvalue weighted by Gasteiger charge is 2.37. The third-order valence-corrected chi connectivity index (χ3v) is 9.61. The van der Waals surface area contributed by atoms with Crippen molar-refractivity contribution in [2.75, 3.05) is 5.32 Å². The maximum absolute atomic E-state index is 11.5. The molecule has 35 heavy (non-hydrogen) atoms. The molecule has 0 aromatic heterocycles. The van der Waals surface area contributed by atoms with Crippen LogP contribution >= 0.6 is 0 Å². The fourth-order valence-corrected chi connectivity index (χ4v) is 4.67. The smallest absolute Gasteiger partial charge is 0.142 e. The Morgan fingerprint density at radius 1 is 0.771 bits per heavy atom. The largest absolute Gasteiger partial charge is 0.506 e. The third kappa shape index (κ3) is 5.92. The number of anilines is 1. The zero-order valence-electron chi connectivity index (χ0n) is 24.7. The Morgan fingerprint density at radius 3 is 1.80 bits per heavy atom. The van der Waals surface area contributed by atoms with E-state index in [-0.39, 0.29) is 27.4 Å². The van der Waals surface area contributed by atoms with E-state index in [9.17, 15) is 10.2 Å². The zero-order valence-corrected chi connectivity index (χ0v) is 24.7. The van der Waals surface area contributed by atoms with Crippen LogP contribution in [0.15, 0.2) is 35.2 Å². The molecule has 3 nitrogen and oxygen atoms in total. The Bertz CT molecular complexity index is 976. The van der Waals surface area contributed by atoms with Crippen LogP contribution in [0.25, 0.3) is 0 Å². The Balaban J connectivity index is 2.76. The maximum Gasteiger partial charge on any atom is 0.142 e. The van der Waals surface area contributed by atoms with E-state index in [1.165, 1.54) is 5.56 Å². The summed E-state index contributed by atoms with van der Waals surface area (Å²) >= 11 is 0. The van der Waals surface area contributed by atoms with E-state index in [1.807, 2.05) is 0 Å². The second-order valence-corrected chi connectivity index (χ2v) is 13.3. The molecule has 1 aromatic carbocycles. The van der Waals surface area contributed by atoms with Gasteiger partial charge in [0, 0.05) is 5.56 Å². The van der Waals surface area contributed by atoms with Gasteiger partial charge in [-0.15, -0.1) is 0 Å². The predicted molar refractivity (Wildman–Crippen MR) is 152 cm³/mol. The number of phenolic OH excluding ortho intramolecular Hbond substituents is 1. The molecule has 3 N–H and O–H groups in total. The van der Waals surface area contributed by atoms with Crippen LogP contribution < -0.4 is 5.32 Å². The molecule has 0 spiro atoms. The third-order valence-electron chi connectivity index (χ3n) is 9.61. The lowest BCUT2D eigenvalue weighted by molar-refractivity contribution is 0.221. The van der Waals surface area contributed by atoms with Crippen molar-refractivity contribution in [3.63, 3.8) is 0 Å². The number of aliphatic hydroxyl groups excluding tert-OH is 1. The van der Waals surface area contributed by atoms with Crippen molar-refractivity contribution in [3.05, 3.63) is 46.4 Å². The zero-order chi connectivity index (χ0) is 27.0. The highest BCUT2D eigenvalue weighted by molar-refractivity contribution is 5.67. The Kier molecular flexibility index (Phi) is 8.57. The molecule has 0 saturated carbocycles. The topological polar surface area (TPSA) is 52.5 Å². The highest BCUT2D eigenvalue weighted by Crippen LogP contribution is 2.48. The van der Waals surface area contributed by atoms with Crippen LogP contribution in [0.3, 0.4) is 0 Å². The summed E-state index contributed by atoms with van der Waals surface area (Å²) in [5.74, 6) is 0.931. The number of benzene rings is 1. The number of nitrogens with one attached hydrogen (secondary N) is 1. The van der Waals surface area contributed by atoms with Crippen molar-refractivity contribution >= 4 is 5.69 Å². The molecule has 1 atom stereocenters. The van der Waals surface area contributed by atoms with E-state index >= 15 is 0 Å². The Labute approximate surface area is 216 Å². The first-order chi connectivity index (χ1) is 16.0. The standard InChI is InChI=1S/C32H53NO2/c1-13-29(5,6)21-17-23(31(9,10)15-3)27(34)25(19-21)33-26-20-22(30(7,8)14-2)18-24(28(26)35)32(11,12)16-4/h17,19-20,22,33-35H,13-16,18H2,1-12H3. The first-order valence-corrected chi connectivity index (χ1v) is 13.8. The summed E-state index contributed by atoms with van der Waals surface area (Å²) in [6, 6.07) is 4.27. The van der Waals surface area contributed by atoms with Gasteiger partial charge in [-0.25, -0.2) is 0 Å². The molecule has 0 aliphatic heterocycles. The van der Waals surface area contributed by atoms with Crippen LogP contribution in [0.1, 0.15) is 126 Å². The molecule has 0 amide bonds. The van der Waals surface area contributed by atoms with E-state index < -0.39 is 0 Å². The van der Waals surface area contributed by atoms with Crippen molar-refractivity contribution in [1.29, 1.82) is 0 Å². The number of aliphatic hydroxyl groups is 1. The molecule has 2 rings (SSSR count). The molecule has 1 unspecified atom stereocenters. The van der Waals surface area contributed by atoms with Gasteiger partial charge >= 0.3 is 0 Å².